The summed E-state index contributed by atoms with van der Waals surface area (Å²) >= 11 is 0. The molecule has 0 bridgehead atoms. The van der Waals surface area contributed by atoms with Gasteiger partial charge < -0.3 is 14.5 Å². The average molecular weight is 471 g/mol. The standard InChI is InChI=1S/C23H26N4O5S/c1-16-11-13-27(14-12-16)33(29,30)19-9-7-17(8-10-19)22-25-26-23(32-22)21(28)24-15-18-5-3-4-6-20(18)31-2/h3-10,16H,11-15H2,1-2H3,(H,24,28). The Kier molecular flexibility index (Phi) is 6.75. The van der Waals surface area contributed by atoms with Crippen molar-refractivity contribution < 1.29 is 22.4 Å². The quantitative estimate of drug-likeness (QED) is 0.564. The van der Waals surface area contributed by atoms with Crippen LogP contribution in [0.15, 0.2) is 57.8 Å². The van der Waals surface area contributed by atoms with Crippen molar-refractivity contribution in [3.63, 3.8) is 0 Å². The Morgan fingerprint density at radius 2 is 1.82 bits per heavy atom. The van der Waals surface area contributed by atoms with Crippen LogP contribution >= 0.6 is 0 Å². The van der Waals surface area contributed by atoms with Gasteiger partial charge in [0.05, 0.1) is 12.0 Å². The summed E-state index contributed by atoms with van der Waals surface area (Å²) in [5.74, 6) is 0.640. The third-order valence-corrected chi connectivity index (χ3v) is 7.65. The molecule has 10 heteroatoms. The number of piperidine rings is 1. The van der Waals surface area contributed by atoms with Crippen molar-refractivity contribution in [2.75, 3.05) is 20.2 Å². The number of carbonyl (C=O) groups is 1. The van der Waals surface area contributed by atoms with E-state index < -0.39 is 15.9 Å². The number of para-hydroxylation sites is 1. The Hall–Kier alpha value is -3.24. The normalized spacial score (nSPS) is 15.3. The van der Waals surface area contributed by atoms with Crippen molar-refractivity contribution in [2.24, 2.45) is 5.92 Å². The lowest BCUT2D eigenvalue weighted by Gasteiger charge is -2.29. The van der Waals surface area contributed by atoms with Crippen molar-refractivity contribution in [3.05, 3.63) is 60.0 Å². The molecule has 1 aromatic heterocycles. The van der Waals surface area contributed by atoms with Gasteiger partial charge in [0.15, 0.2) is 0 Å². The number of hydrogen-bond acceptors (Lipinski definition) is 7. The molecule has 1 N–H and O–H groups in total. The van der Waals surface area contributed by atoms with Crippen LogP contribution in [0.25, 0.3) is 11.5 Å². The molecular formula is C23H26N4O5S. The Labute approximate surface area is 192 Å². The third kappa shape index (κ3) is 5.07. The van der Waals surface area contributed by atoms with Crippen LogP contribution in [0, 0.1) is 5.92 Å². The van der Waals surface area contributed by atoms with E-state index in [0.717, 1.165) is 18.4 Å². The number of amides is 1. The number of rotatable bonds is 7. The second-order valence-electron chi connectivity index (χ2n) is 8.02. The molecule has 0 saturated carbocycles. The fourth-order valence-electron chi connectivity index (χ4n) is 3.68. The van der Waals surface area contributed by atoms with E-state index in [0.29, 0.717) is 30.3 Å². The highest BCUT2D eigenvalue weighted by molar-refractivity contribution is 7.89. The number of methoxy groups -OCH3 is 1. The molecule has 2 aromatic carbocycles. The SMILES string of the molecule is COc1ccccc1CNC(=O)c1nnc(-c2ccc(S(=O)(=O)N3CCC(C)CC3)cc2)o1. The summed E-state index contributed by atoms with van der Waals surface area (Å²) in [5.41, 5.74) is 1.34. The van der Waals surface area contributed by atoms with E-state index in [2.05, 4.69) is 22.4 Å². The maximum Gasteiger partial charge on any atom is 0.309 e. The van der Waals surface area contributed by atoms with Crippen LogP contribution in [0.4, 0.5) is 0 Å². The summed E-state index contributed by atoms with van der Waals surface area (Å²) in [6, 6.07) is 13.6. The van der Waals surface area contributed by atoms with E-state index in [-0.39, 0.29) is 23.2 Å². The molecule has 0 spiro atoms. The number of aromatic nitrogens is 2. The van der Waals surface area contributed by atoms with Crippen LogP contribution in [0.2, 0.25) is 0 Å². The van der Waals surface area contributed by atoms with E-state index in [4.69, 9.17) is 9.15 Å². The van der Waals surface area contributed by atoms with Gasteiger partial charge >= 0.3 is 11.8 Å². The molecule has 9 nitrogen and oxygen atoms in total. The zero-order valence-corrected chi connectivity index (χ0v) is 19.3. The van der Waals surface area contributed by atoms with E-state index in [9.17, 15) is 13.2 Å². The first-order chi connectivity index (χ1) is 15.9. The van der Waals surface area contributed by atoms with Crippen molar-refractivity contribution in [1.82, 2.24) is 19.8 Å². The van der Waals surface area contributed by atoms with Crippen LogP contribution in [-0.2, 0) is 16.6 Å². The van der Waals surface area contributed by atoms with E-state index in [1.54, 1.807) is 19.2 Å². The van der Waals surface area contributed by atoms with Crippen molar-refractivity contribution in [1.29, 1.82) is 0 Å². The van der Waals surface area contributed by atoms with E-state index in [1.165, 1.54) is 16.4 Å². The van der Waals surface area contributed by atoms with Crippen LogP contribution in [0.5, 0.6) is 5.75 Å². The number of ether oxygens (including phenoxy) is 1. The number of nitrogens with zero attached hydrogens (tertiary/aromatic N) is 3. The Morgan fingerprint density at radius 3 is 2.52 bits per heavy atom. The Bertz CT molecular complexity index is 1220. The maximum atomic E-state index is 12.9. The summed E-state index contributed by atoms with van der Waals surface area (Å²) in [4.78, 5) is 12.6. The lowest BCUT2D eigenvalue weighted by molar-refractivity contribution is 0.0916. The van der Waals surface area contributed by atoms with Crippen molar-refractivity contribution >= 4 is 15.9 Å². The Balaban J connectivity index is 1.42. The predicted octanol–water partition coefficient (Wildman–Crippen LogP) is 3.10. The van der Waals surface area contributed by atoms with Gasteiger partial charge in [0.25, 0.3) is 0 Å². The van der Waals surface area contributed by atoms with Gasteiger partial charge in [-0.25, -0.2) is 8.42 Å². The van der Waals surface area contributed by atoms with Crippen LogP contribution in [0.3, 0.4) is 0 Å². The molecule has 1 aliphatic rings. The molecule has 0 atom stereocenters. The maximum absolute atomic E-state index is 12.9. The first-order valence-corrected chi connectivity index (χ1v) is 12.2. The minimum Gasteiger partial charge on any atom is -0.496 e. The summed E-state index contributed by atoms with van der Waals surface area (Å²) in [6.45, 7) is 3.43. The summed E-state index contributed by atoms with van der Waals surface area (Å²) in [5, 5.41) is 10.5. The Morgan fingerprint density at radius 1 is 1.12 bits per heavy atom. The first-order valence-electron chi connectivity index (χ1n) is 10.7. The largest absolute Gasteiger partial charge is 0.496 e. The highest BCUT2D eigenvalue weighted by atomic mass is 32.2. The van der Waals surface area contributed by atoms with Gasteiger partial charge in [-0.15, -0.1) is 10.2 Å². The number of benzene rings is 2. The van der Waals surface area contributed by atoms with E-state index >= 15 is 0 Å². The highest BCUT2D eigenvalue weighted by Gasteiger charge is 2.28. The predicted molar refractivity (Wildman–Crippen MR) is 121 cm³/mol. The molecule has 3 aromatic rings. The first kappa shape index (κ1) is 22.9. The van der Waals surface area contributed by atoms with Crippen LogP contribution < -0.4 is 10.1 Å². The molecule has 0 radical (unpaired) electrons. The zero-order chi connectivity index (χ0) is 23.4. The van der Waals surface area contributed by atoms with Crippen molar-refractivity contribution in [2.45, 2.75) is 31.2 Å². The second-order valence-corrected chi connectivity index (χ2v) is 9.96. The molecule has 1 aliphatic heterocycles. The lowest BCUT2D eigenvalue weighted by atomic mass is 10.0. The number of nitrogens with one attached hydrogen (secondary N) is 1. The minimum absolute atomic E-state index is 0.133. The molecule has 0 unspecified atom stereocenters. The van der Waals surface area contributed by atoms with Gasteiger partial charge in [-0.1, -0.05) is 25.1 Å². The molecule has 33 heavy (non-hydrogen) atoms. The van der Waals surface area contributed by atoms with Gasteiger partial charge in [0.1, 0.15) is 5.75 Å². The summed E-state index contributed by atoms with van der Waals surface area (Å²) in [6.07, 6.45) is 1.72. The van der Waals surface area contributed by atoms with Crippen molar-refractivity contribution in [3.8, 4) is 17.2 Å². The van der Waals surface area contributed by atoms with Gasteiger partial charge in [0, 0.05) is 30.8 Å². The summed E-state index contributed by atoms with van der Waals surface area (Å²) < 4.78 is 38.1. The lowest BCUT2D eigenvalue weighted by Crippen LogP contribution is -2.37. The zero-order valence-electron chi connectivity index (χ0n) is 18.5. The van der Waals surface area contributed by atoms with Crippen LogP contribution in [-0.4, -0.2) is 49.0 Å². The molecule has 174 valence electrons. The minimum atomic E-state index is -3.54. The second kappa shape index (κ2) is 9.72. The molecule has 1 saturated heterocycles. The van der Waals surface area contributed by atoms with Gasteiger partial charge in [-0.3, -0.25) is 4.79 Å². The smallest absolute Gasteiger partial charge is 0.309 e. The molecule has 2 heterocycles. The fraction of sp³-hybridized carbons (Fsp3) is 0.348. The molecule has 0 aliphatic carbocycles. The average Bonchev–Trinajstić information content (AvgIpc) is 3.33. The molecule has 4 rings (SSSR count). The van der Waals surface area contributed by atoms with Gasteiger partial charge in [0.2, 0.25) is 15.9 Å². The fourth-order valence-corrected chi connectivity index (χ4v) is 5.15. The molecular weight excluding hydrogens is 444 g/mol. The molecule has 1 fully saturated rings. The van der Waals surface area contributed by atoms with Crippen LogP contribution in [0.1, 0.15) is 36.0 Å². The van der Waals surface area contributed by atoms with Gasteiger partial charge in [-0.05, 0) is 49.1 Å². The monoisotopic (exact) mass is 470 g/mol. The third-order valence-electron chi connectivity index (χ3n) is 5.73. The highest BCUT2D eigenvalue weighted by Crippen LogP contribution is 2.26. The molecule has 1 amide bonds. The number of carbonyl (C=O) groups excluding carboxylic acids is 1. The topological polar surface area (TPSA) is 115 Å². The van der Waals surface area contributed by atoms with E-state index in [1.807, 2.05) is 24.3 Å². The number of hydrogen-bond donors (Lipinski definition) is 1. The summed E-state index contributed by atoms with van der Waals surface area (Å²) in [7, 11) is -1.98. The van der Waals surface area contributed by atoms with Gasteiger partial charge in [-0.2, -0.15) is 4.31 Å². The number of sulfonamides is 1.